The Hall–Kier alpha value is -0.960. The molecule has 0 atom stereocenters. The SMILES string of the molecule is O=C(Nc1ccc(S)cc1)C1CCCC1. The molecule has 2 rings (SSSR count). The van der Waals surface area contributed by atoms with Gasteiger partial charge in [0, 0.05) is 16.5 Å². The van der Waals surface area contributed by atoms with Crippen LogP contribution in [0.2, 0.25) is 0 Å². The van der Waals surface area contributed by atoms with Gasteiger partial charge < -0.3 is 5.32 Å². The zero-order valence-corrected chi connectivity index (χ0v) is 9.47. The highest BCUT2D eigenvalue weighted by Crippen LogP contribution is 2.26. The molecule has 0 radical (unpaired) electrons. The fraction of sp³-hybridized carbons (Fsp3) is 0.417. The molecular weight excluding hydrogens is 206 g/mol. The number of amides is 1. The predicted molar refractivity (Wildman–Crippen MR) is 64.3 cm³/mol. The molecule has 1 saturated carbocycles. The lowest BCUT2D eigenvalue weighted by Gasteiger charge is -2.10. The lowest BCUT2D eigenvalue weighted by Crippen LogP contribution is -2.20. The highest BCUT2D eigenvalue weighted by Gasteiger charge is 2.22. The summed E-state index contributed by atoms with van der Waals surface area (Å²) in [4.78, 5) is 12.7. The highest BCUT2D eigenvalue weighted by molar-refractivity contribution is 7.80. The van der Waals surface area contributed by atoms with Crippen LogP contribution in [0.3, 0.4) is 0 Å². The maximum absolute atomic E-state index is 11.8. The van der Waals surface area contributed by atoms with Gasteiger partial charge in [-0.3, -0.25) is 4.79 Å². The van der Waals surface area contributed by atoms with Gasteiger partial charge in [0.2, 0.25) is 5.91 Å². The Labute approximate surface area is 95.5 Å². The summed E-state index contributed by atoms with van der Waals surface area (Å²) in [7, 11) is 0. The van der Waals surface area contributed by atoms with Crippen LogP contribution >= 0.6 is 12.6 Å². The molecule has 1 aromatic carbocycles. The van der Waals surface area contributed by atoms with E-state index in [0.29, 0.717) is 0 Å². The van der Waals surface area contributed by atoms with Crippen molar-refractivity contribution in [3.63, 3.8) is 0 Å². The van der Waals surface area contributed by atoms with Crippen LogP contribution in [0.5, 0.6) is 0 Å². The van der Waals surface area contributed by atoms with Gasteiger partial charge in [0.05, 0.1) is 0 Å². The summed E-state index contributed by atoms with van der Waals surface area (Å²) in [6, 6.07) is 7.53. The molecule has 0 bridgehead atoms. The van der Waals surface area contributed by atoms with Crippen molar-refractivity contribution < 1.29 is 4.79 Å². The van der Waals surface area contributed by atoms with E-state index in [1.165, 1.54) is 12.8 Å². The van der Waals surface area contributed by atoms with Crippen molar-refractivity contribution in [2.75, 3.05) is 5.32 Å². The van der Waals surface area contributed by atoms with E-state index in [-0.39, 0.29) is 11.8 Å². The van der Waals surface area contributed by atoms with Gasteiger partial charge in [-0.25, -0.2) is 0 Å². The van der Waals surface area contributed by atoms with Crippen molar-refractivity contribution >= 4 is 24.2 Å². The summed E-state index contributed by atoms with van der Waals surface area (Å²) in [6.45, 7) is 0. The number of thiol groups is 1. The maximum Gasteiger partial charge on any atom is 0.227 e. The summed E-state index contributed by atoms with van der Waals surface area (Å²) in [5.74, 6) is 0.389. The van der Waals surface area contributed by atoms with Gasteiger partial charge in [-0.15, -0.1) is 12.6 Å². The molecule has 0 saturated heterocycles. The van der Waals surface area contributed by atoms with Crippen LogP contribution in [0.4, 0.5) is 5.69 Å². The Morgan fingerprint density at radius 3 is 2.40 bits per heavy atom. The molecule has 1 fully saturated rings. The van der Waals surface area contributed by atoms with Gasteiger partial charge >= 0.3 is 0 Å². The third kappa shape index (κ3) is 2.75. The number of benzene rings is 1. The van der Waals surface area contributed by atoms with Crippen LogP contribution in [0.15, 0.2) is 29.2 Å². The zero-order valence-electron chi connectivity index (χ0n) is 8.57. The first-order valence-electron chi connectivity index (χ1n) is 5.35. The molecule has 0 aliphatic heterocycles. The van der Waals surface area contributed by atoms with Crippen molar-refractivity contribution in [3.05, 3.63) is 24.3 Å². The molecular formula is C12H15NOS. The van der Waals surface area contributed by atoms with Gasteiger partial charge in [-0.2, -0.15) is 0 Å². The molecule has 0 spiro atoms. The molecule has 0 heterocycles. The number of hydrogen-bond acceptors (Lipinski definition) is 2. The summed E-state index contributed by atoms with van der Waals surface area (Å²) in [5.41, 5.74) is 0.865. The molecule has 0 aromatic heterocycles. The van der Waals surface area contributed by atoms with E-state index in [1.807, 2.05) is 24.3 Å². The summed E-state index contributed by atoms with van der Waals surface area (Å²) < 4.78 is 0. The van der Waals surface area contributed by atoms with Gasteiger partial charge in [0.25, 0.3) is 0 Å². The molecule has 2 nitrogen and oxygen atoms in total. The van der Waals surface area contributed by atoms with Crippen LogP contribution in [-0.4, -0.2) is 5.91 Å². The van der Waals surface area contributed by atoms with Crippen molar-refractivity contribution in [2.45, 2.75) is 30.6 Å². The Bertz CT molecular complexity index is 341. The number of nitrogens with one attached hydrogen (secondary N) is 1. The first-order chi connectivity index (χ1) is 7.25. The predicted octanol–water partition coefficient (Wildman–Crippen LogP) is 3.10. The fourth-order valence-corrected chi connectivity index (χ4v) is 2.13. The lowest BCUT2D eigenvalue weighted by molar-refractivity contribution is -0.119. The first kappa shape index (κ1) is 10.6. The fourth-order valence-electron chi connectivity index (χ4n) is 1.98. The van der Waals surface area contributed by atoms with E-state index in [9.17, 15) is 4.79 Å². The second kappa shape index (κ2) is 4.71. The van der Waals surface area contributed by atoms with Crippen molar-refractivity contribution in [1.82, 2.24) is 0 Å². The van der Waals surface area contributed by atoms with Crippen molar-refractivity contribution in [1.29, 1.82) is 0 Å². The number of anilines is 1. The first-order valence-corrected chi connectivity index (χ1v) is 5.80. The topological polar surface area (TPSA) is 29.1 Å². The number of carbonyl (C=O) groups is 1. The average Bonchev–Trinajstić information content (AvgIpc) is 2.74. The van der Waals surface area contributed by atoms with Crippen LogP contribution in [0.25, 0.3) is 0 Å². The van der Waals surface area contributed by atoms with E-state index >= 15 is 0 Å². The number of carbonyl (C=O) groups excluding carboxylic acids is 1. The normalized spacial score (nSPS) is 16.6. The third-order valence-electron chi connectivity index (χ3n) is 2.86. The summed E-state index contributed by atoms with van der Waals surface area (Å²) in [5, 5.41) is 2.94. The van der Waals surface area contributed by atoms with Crippen LogP contribution in [-0.2, 0) is 4.79 Å². The second-order valence-corrected chi connectivity index (χ2v) is 4.53. The largest absolute Gasteiger partial charge is 0.326 e. The van der Waals surface area contributed by atoms with Gasteiger partial charge in [0.1, 0.15) is 0 Å². The van der Waals surface area contributed by atoms with E-state index in [0.717, 1.165) is 23.4 Å². The quantitative estimate of drug-likeness (QED) is 0.738. The molecule has 0 unspecified atom stereocenters. The Morgan fingerprint density at radius 1 is 1.20 bits per heavy atom. The zero-order chi connectivity index (χ0) is 10.7. The van der Waals surface area contributed by atoms with Crippen molar-refractivity contribution in [2.24, 2.45) is 5.92 Å². The maximum atomic E-state index is 11.8. The monoisotopic (exact) mass is 221 g/mol. The average molecular weight is 221 g/mol. The molecule has 15 heavy (non-hydrogen) atoms. The van der Waals surface area contributed by atoms with Crippen molar-refractivity contribution in [3.8, 4) is 0 Å². The molecule has 1 N–H and O–H groups in total. The van der Waals surface area contributed by atoms with Gasteiger partial charge in [-0.1, -0.05) is 12.8 Å². The molecule has 80 valence electrons. The Balaban J connectivity index is 1.96. The smallest absolute Gasteiger partial charge is 0.227 e. The standard InChI is InChI=1S/C12H15NOS/c14-12(9-3-1-2-4-9)13-10-5-7-11(15)8-6-10/h5-9,15H,1-4H2,(H,13,14). The molecule has 1 amide bonds. The molecule has 3 heteroatoms. The van der Waals surface area contributed by atoms with E-state index in [4.69, 9.17) is 0 Å². The minimum Gasteiger partial charge on any atom is -0.326 e. The molecule has 1 aliphatic rings. The minimum atomic E-state index is 0.166. The summed E-state index contributed by atoms with van der Waals surface area (Å²) in [6.07, 6.45) is 4.45. The third-order valence-corrected chi connectivity index (χ3v) is 3.16. The minimum absolute atomic E-state index is 0.166. The van der Waals surface area contributed by atoms with Gasteiger partial charge in [0.15, 0.2) is 0 Å². The van der Waals surface area contributed by atoms with Crippen LogP contribution in [0.1, 0.15) is 25.7 Å². The molecule has 1 aliphatic carbocycles. The van der Waals surface area contributed by atoms with Crippen LogP contribution < -0.4 is 5.32 Å². The van der Waals surface area contributed by atoms with Crippen LogP contribution in [0, 0.1) is 5.92 Å². The second-order valence-electron chi connectivity index (χ2n) is 4.02. The van der Waals surface area contributed by atoms with E-state index in [1.54, 1.807) is 0 Å². The Morgan fingerprint density at radius 2 is 1.80 bits per heavy atom. The highest BCUT2D eigenvalue weighted by atomic mass is 32.1. The number of rotatable bonds is 2. The molecule has 1 aromatic rings. The lowest BCUT2D eigenvalue weighted by atomic mass is 10.1. The summed E-state index contributed by atoms with van der Waals surface area (Å²) >= 11 is 4.20. The van der Waals surface area contributed by atoms with E-state index in [2.05, 4.69) is 17.9 Å². The Kier molecular flexibility index (Phi) is 3.31. The number of hydrogen-bond donors (Lipinski definition) is 2. The van der Waals surface area contributed by atoms with E-state index < -0.39 is 0 Å². The van der Waals surface area contributed by atoms with Gasteiger partial charge in [-0.05, 0) is 37.1 Å².